The molecule has 0 radical (unpaired) electrons. The summed E-state index contributed by atoms with van der Waals surface area (Å²) in [5, 5.41) is 8.74. The van der Waals surface area contributed by atoms with Crippen LogP contribution < -0.4 is 21.7 Å². The molecule has 2 amide bonds. The van der Waals surface area contributed by atoms with E-state index >= 15 is 0 Å². The van der Waals surface area contributed by atoms with Crippen molar-refractivity contribution in [2.24, 2.45) is 11.7 Å². The van der Waals surface area contributed by atoms with Gasteiger partial charge in [-0.3, -0.25) is 14.5 Å². The van der Waals surface area contributed by atoms with Crippen LogP contribution in [-0.4, -0.2) is 137 Å². The Hall–Kier alpha value is -4.39. The Morgan fingerprint density at radius 3 is 2.10 bits per heavy atom. The van der Waals surface area contributed by atoms with Gasteiger partial charge in [-0.15, -0.1) is 23.3 Å². The van der Waals surface area contributed by atoms with E-state index in [0.717, 1.165) is 75.4 Å². The molecule has 1 aliphatic carbocycles. The van der Waals surface area contributed by atoms with Crippen LogP contribution in [0.15, 0.2) is 48.7 Å². The van der Waals surface area contributed by atoms with Crippen molar-refractivity contribution in [1.29, 1.82) is 0 Å². The maximum atomic E-state index is 11.6. The first kappa shape index (κ1) is 58.7. The number of amides is 2. The maximum Gasteiger partial charge on any atom is 0.406 e. The van der Waals surface area contributed by atoms with Gasteiger partial charge in [-0.05, 0) is 126 Å². The fourth-order valence-corrected chi connectivity index (χ4v) is 9.15. The molecule has 4 heterocycles. The smallest absolute Gasteiger partial charge is 0.406 e. The molecule has 1 aromatic heterocycles. The number of ether oxygens (including phenoxy) is 2. The molecule has 3 aromatic rings. The molecule has 0 bridgehead atoms. The number of carbonyl (C=O) groups is 4. The van der Waals surface area contributed by atoms with Crippen LogP contribution in [0.3, 0.4) is 0 Å². The highest BCUT2D eigenvalue weighted by atomic mass is 33.1. The molecule has 1 spiro atoms. The number of methoxy groups -OCH3 is 2. The minimum absolute atomic E-state index is 0.0231. The van der Waals surface area contributed by atoms with E-state index in [4.69, 9.17) is 15.5 Å². The van der Waals surface area contributed by atoms with Crippen LogP contribution in [0, 0.1) is 5.92 Å². The van der Waals surface area contributed by atoms with Crippen molar-refractivity contribution in [3.05, 3.63) is 71.2 Å². The number of benzene rings is 2. The highest BCUT2D eigenvalue weighted by Crippen LogP contribution is 2.52. The topological polar surface area (TPSA) is 187 Å². The molecule has 6 N–H and O–H groups in total. The number of likely N-dealkylation sites (N-methyl/N-ethyl adjacent to an activating group) is 3. The molecule has 4 atom stereocenters. The van der Waals surface area contributed by atoms with Gasteiger partial charge in [-0.1, -0.05) is 70.5 Å². The van der Waals surface area contributed by atoms with Gasteiger partial charge in [0.1, 0.15) is 12.1 Å². The van der Waals surface area contributed by atoms with Gasteiger partial charge in [-0.25, -0.2) is 9.78 Å². The zero-order valence-corrected chi connectivity index (χ0v) is 43.6. The zero-order chi connectivity index (χ0) is 49.9. The predicted molar refractivity (Wildman–Crippen MR) is 279 cm³/mol. The molecule has 17 heteroatoms. The molecule has 3 aliphatic heterocycles. The Labute approximate surface area is 411 Å². The van der Waals surface area contributed by atoms with Gasteiger partial charge in [0.05, 0.1) is 44.9 Å². The number of H-pyrrole nitrogens is 1. The van der Waals surface area contributed by atoms with E-state index in [0.29, 0.717) is 31.6 Å². The van der Waals surface area contributed by atoms with E-state index in [9.17, 15) is 14.4 Å². The highest BCUT2D eigenvalue weighted by Gasteiger charge is 2.45. The number of likely N-dealkylation sites (tertiary alicyclic amines) is 3. The number of thiol groups is 2. The Morgan fingerprint density at radius 2 is 1.63 bits per heavy atom. The van der Waals surface area contributed by atoms with Gasteiger partial charge in [0.15, 0.2) is 0 Å². The lowest BCUT2D eigenvalue weighted by atomic mass is 9.77. The quantitative estimate of drug-likeness (QED) is 0.0394. The standard InChI is InChI=1S/C35H45N7O.C6H13NO.C4H9NO2.C3H8.C2H4O2.H2S2/c1-40-18-15-35(21-40)14-13-29-28(31-20-37-34(39-31)32-6-4-17-42(32)23-43)12-11-27(33(29)35)24-7-9-25(10-8-24)30(38-22-36)19-26-5-3-16-41(26)2;1-5(2)6(4-8)7-3;1-3-5-4(6)7-2;1-3-2;1-4-2-3;1-2/h7-12,19-20,23,26,32,38H,3-6,13-18,21-22,36H2,1-2H3,(H,37,39);4-7H,1-3H3;3H2,1-2H3,(H,5,6);3H2,1-2H3;2H,1H3;1-2H/b30-19-;;;;;/t26-,32?,35?;;;;;/m0...../s1. The van der Waals surface area contributed by atoms with Crippen LogP contribution >= 0.6 is 23.3 Å². The summed E-state index contributed by atoms with van der Waals surface area (Å²) in [6, 6.07) is 14.2. The van der Waals surface area contributed by atoms with Gasteiger partial charge in [0.2, 0.25) is 6.41 Å². The van der Waals surface area contributed by atoms with Gasteiger partial charge in [0.25, 0.3) is 6.47 Å². The van der Waals surface area contributed by atoms with Crippen LogP contribution in [0.25, 0.3) is 28.1 Å². The molecule has 4 aliphatic rings. The second-order valence-electron chi connectivity index (χ2n) is 17.5. The van der Waals surface area contributed by atoms with Crippen LogP contribution in [0.5, 0.6) is 0 Å². The number of alkyl carbamates (subject to hydrolysis) is 1. The van der Waals surface area contributed by atoms with E-state index < -0.39 is 0 Å². The average molecular weight is 968 g/mol. The van der Waals surface area contributed by atoms with Gasteiger partial charge < -0.3 is 50.7 Å². The number of aromatic nitrogens is 2. The zero-order valence-electron chi connectivity index (χ0n) is 41.8. The molecule has 374 valence electrons. The van der Waals surface area contributed by atoms with Crippen molar-refractivity contribution in [3.8, 4) is 22.4 Å². The number of hydrogen-bond donors (Lipinski definition) is 7. The summed E-state index contributed by atoms with van der Waals surface area (Å²) in [5.41, 5.74) is 16.4. The Kier molecular flexibility index (Phi) is 27.7. The normalized spacial score (nSPS) is 19.9. The van der Waals surface area contributed by atoms with Crippen LogP contribution in [0.2, 0.25) is 0 Å². The van der Waals surface area contributed by atoms with E-state index in [-0.39, 0.29) is 23.6 Å². The molecular weight excluding hydrogens is 887 g/mol. The van der Waals surface area contributed by atoms with Crippen LogP contribution in [0.4, 0.5) is 4.79 Å². The third kappa shape index (κ3) is 17.0. The lowest BCUT2D eigenvalue weighted by Gasteiger charge is -2.28. The first-order valence-electron chi connectivity index (χ1n) is 23.5. The highest BCUT2D eigenvalue weighted by molar-refractivity contribution is 8.59. The lowest BCUT2D eigenvalue weighted by molar-refractivity contribution is -0.126. The largest absolute Gasteiger partial charge is 0.471 e. The van der Waals surface area contributed by atoms with Crippen molar-refractivity contribution in [2.45, 2.75) is 110 Å². The number of nitrogens with two attached hydrogens (primary N) is 1. The lowest BCUT2D eigenvalue weighted by Crippen LogP contribution is -2.31. The fourth-order valence-electron chi connectivity index (χ4n) is 9.15. The SMILES string of the molecule is CCC.CCNC(=O)OC.CN1CCC2(CCc3c(-c4cnc(C5CCCN5C=O)[nH]4)ccc(-c4ccc(/C(=C/[C@@H]5CCCN5C)NCN)cc4)c32)C1.CNC(C=O)C(C)C.COC=O.SS. The van der Waals surface area contributed by atoms with Crippen molar-refractivity contribution >= 4 is 54.3 Å². The summed E-state index contributed by atoms with van der Waals surface area (Å²) in [6.45, 7) is 15.7. The number of hydrogen-bond acceptors (Lipinski definition) is 14. The number of carbonyl (C=O) groups excluding carboxylic acids is 4. The number of aldehydes is 1. The number of nitrogens with one attached hydrogen (secondary N) is 4. The van der Waals surface area contributed by atoms with E-state index in [2.05, 4.69) is 134 Å². The minimum atomic E-state index is -0.373. The second kappa shape index (κ2) is 31.6. The summed E-state index contributed by atoms with van der Waals surface area (Å²) in [5.74, 6) is 1.30. The second-order valence-corrected chi connectivity index (χ2v) is 17.5. The summed E-state index contributed by atoms with van der Waals surface area (Å²) >= 11 is 6.44. The van der Waals surface area contributed by atoms with Gasteiger partial charge in [-0.2, -0.15) is 0 Å². The fraction of sp³-hybridized carbons (Fsp3) is 0.580. The first-order chi connectivity index (χ1) is 32.3. The van der Waals surface area contributed by atoms with E-state index in [1.165, 1.54) is 79.7 Å². The van der Waals surface area contributed by atoms with Gasteiger partial charge in [0, 0.05) is 42.4 Å². The number of rotatable bonds is 13. The Bertz CT molecular complexity index is 1950. The van der Waals surface area contributed by atoms with Crippen molar-refractivity contribution < 1.29 is 28.7 Å². The van der Waals surface area contributed by atoms with Gasteiger partial charge >= 0.3 is 6.09 Å². The van der Waals surface area contributed by atoms with Crippen molar-refractivity contribution in [3.63, 3.8) is 0 Å². The van der Waals surface area contributed by atoms with E-state index in [1.807, 2.05) is 31.9 Å². The minimum Gasteiger partial charge on any atom is -0.471 e. The maximum absolute atomic E-state index is 11.6. The molecule has 2 aromatic carbocycles. The summed E-state index contributed by atoms with van der Waals surface area (Å²) in [6.07, 6.45) is 15.0. The summed E-state index contributed by atoms with van der Waals surface area (Å²) < 4.78 is 8.10. The molecule has 7 rings (SSSR count). The number of fused-ring (bicyclic) bond motifs is 2. The molecule has 67 heavy (non-hydrogen) atoms. The molecular formula is C50H81N9O6S2. The number of nitrogens with zero attached hydrogens (tertiary/aromatic N) is 4. The summed E-state index contributed by atoms with van der Waals surface area (Å²) in [4.78, 5) is 55.9. The Morgan fingerprint density at radius 1 is 0.970 bits per heavy atom. The average Bonchev–Trinajstić information content (AvgIpc) is 4.21. The molecule has 0 saturated carbocycles. The van der Waals surface area contributed by atoms with E-state index in [1.54, 1.807) is 7.05 Å². The monoisotopic (exact) mass is 968 g/mol. The molecule has 3 saturated heterocycles. The number of imidazole rings is 1. The third-order valence-corrected chi connectivity index (χ3v) is 12.4. The predicted octanol–water partition coefficient (Wildman–Crippen LogP) is 7.26. The molecule has 15 nitrogen and oxygen atoms in total. The van der Waals surface area contributed by atoms with Crippen molar-refractivity contribution in [1.82, 2.24) is 40.6 Å². The number of aromatic amines is 1. The third-order valence-electron chi connectivity index (χ3n) is 12.4. The van der Waals surface area contributed by atoms with Crippen LogP contribution in [0.1, 0.15) is 108 Å². The first-order valence-corrected chi connectivity index (χ1v) is 25.1. The van der Waals surface area contributed by atoms with Crippen molar-refractivity contribution in [2.75, 3.05) is 74.8 Å². The van der Waals surface area contributed by atoms with Crippen LogP contribution in [-0.2, 0) is 35.7 Å². The summed E-state index contributed by atoms with van der Waals surface area (Å²) in [7, 11) is 8.90. The Balaban J connectivity index is 0.000000534. The molecule has 3 fully saturated rings. The molecule has 3 unspecified atom stereocenters.